The van der Waals surface area contributed by atoms with Gasteiger partial charge in [-0.2, -0.15) is 15.0 Å². The van der Waals surface area contributed by atoms with Crippen molar-refractivity contribution in [3.8, 4) is 6.01 Å². The van der Waals surface area contributed by atoms with E-state index >= 15 is 0 Å². The molecule has 0 aliphatic heterocycles. The monoisotopic (exact) mass is 281 g/mol. The Balaban J connectivity index is 2.13. The molecule has 1 aromatic rings. The highest BCUT2D eigenvalue weighted by Crippen LogP contribution is 2.11. The van der Waals surface area contributed by atoms with E-state index in [0.29, 0.717) is 32.8 Å². The molecule has 6 nitrogen and oxygen atoms in total. The molecule has 0 amide bonds. The molecule has 0 bridgehead atoms. The number of methoxy groups -OCH3 is 1. The summed E-state index contributed by atoms with van der Waals surface area (Å²) < 4.78 is 15.3. The molecule has 0 N–H and O–H groups in total. The van der Waals surface area contributed by atoms with Gasteiger partial charge in [-0.15, -0.1) is 0 Å². The zero-order chi connectivity index (χ0) is 12.5. The summed E-state index contributed by atoms with van der Waals surface area (Å²) in [6, 6.07) is 0.117. The lowest BCUT2D eigenvalue weighted by atomic mass is 10.5. The average molecular weight is 282 g/mol. The maximum absolute atomic E-state index is 5.58. The Morgan fingerprint density at radius 3 is 2.29 bits per heavy atom. The largest absolute Gasteiger partial charge is 0.463 e. The zero-order valence-corrected chi connectivity index (χ0v) is 10.9. The highest BCUT2D eigenvalue weighted by atomic mass is 35.5. The number of hydrogen-bond acceptors (Lipinski definition) is 6. The number of hydrogen-bond donors (Lipinski definition) is 0. The van der Waals surface area contributed by atoms with E-state index in [2.05, 4.69) is 15.0 Å². The van der Waals surface area contributed by atoms with Gasteiger partial charge >= 0.3 is 6.01 Å². The molecule has 0 saturated carbocycles. The molecule has 0 radical (unpaired) electrons. The molecule has 0 atom stereocenters. The first-order chi connectivity index (χ1) is 8.22. The molecule has 0 aliphatic rings. The van der Waals surface area contributed by atoms with E-state index in [1.54, 1.807) is 7.11 Å². The SMILES string of the molecule is COCCOCCCOc1nc(Cl)nc(Cl)n1. The molecule has 1 aromatic heterocycles. The molecule has 0 fully saturated rings. The van der Waals surface area contributed by atoms with Gasteiger partial charge in [-0.3, -0.25) is 0 Å². The minimum absolute atomic E-state index is 0.0105. The highest BCUT2D eigenvalue weighted by molar-refractivity contribution is 6.31. The Labute approximate surface area is 109 Å². The Morgan fingerprint density at radius 1 is 0.941 bits per heavy atom. The zero-order valence-electron chi connectivity index (χ0n) is 9.36. The van der Waals surface area contributed by atoms with Crippen molar-refractivity contribution in [2.45, 2.75) is 6.42 Å². The van der Waals surface area contributed by atoms with Crippen LogP contribution in [0.5, 0.6) is 6.01 Å². The van der Waals surface area contributed by atoms with Crippen molar-refractivity contribution in [2.75, 3.05) is 33.5 Å². The summed E-state index contributed by atoms with van der Waals surface area (Å²) in [4.78, 5) is 11.1. The topological polar surface area (TPSA) is 66.4 Å². The Morgan fingerprint density at radius 2 is 1.65 bits per heavy atom. The second-order valence-corrected chi connectivity index (χ2v) is 3.64. The summed E-state index contributed by atoms with van der Waals surface area (Å²) in [6.45, 7) is 2.15. The van der Waals surface area contributed by atoms with Gasteiger partial charge in [0.15, 0.2) is 0 Å². The predicted octanol–water partition coefficient (Wildman–Crippen LogP) is 1.61. The van der Waals surface area contributed by atoms with Crippen LogP contribution >= 0.6 is 23.2 Å². The van der Waals surface area contributed by atoms with Gasteiger partial charge in [-0.05, 0) is 23.2 Å². The molecule has 17 heavy (non-hydrogen) atoms. The average Bonchev–Trinajstić information content (AvgIpc) is 2.26. The van der Waals surface area contributed by atoms with Crippen LogP contribution in [0.2, 0.25) is 10.6 Å². The van der Waals surface area contributed by atoms with Crippen molar-refractivity contribution in [1.82, 2.24) is 15.0 Å². The fraction of sp³-hybridized carbons (Fsp3) is 0.667. The molecule has 1 heterocycles. The summed E-state index contributed by atoms with van der Waals surface area (Å²) in [6.07, 6.45) is 0.713. The van der Waals surface area contributed by atoms with Crippen LogP contribution < -0.4 is 4.74 Å². The van der Waals surface area contributed by atoms with Crippen molar-refractivity contribution in [1.29, 1.82) is 0 Å². The molecule has 8 heteroatoms. The fourth-order valence-electron chi connectivity index (χ4n) is 0.942. The molecular formula is C9H13Cl2N3O3. The molecule has 0 aliphatic carbocycles. The van der Waals surface area contributed by atoms with Crippen molar-refractivity contribution < 1.29 is 14.2 Å². The van der Waals surface area contributed by atoms with Crippen LogP contribution in [-0.2, 0) is 9.47 Å². The number of halogens is 2. The van der Waals surface area contributed by atoms with Crippen LogP contribution in [0.15, 0.2) is 0 Å². The number of aromatic nitrogens is 3. The van der Waals surface area contributed by atoms with Gasteiger partial charge in [-0.25, -0.2) is 0 Å². The van der Waals surface area contributed by atoms with E-state index in [4.69, 9.17) is 37.4 Å². The summed E-state index contributed by atoms with van der Waals surface area (Å²) in [7, 11) is 1.63. The number of rotatable bonds is 8. The summed E-state index contributed by atoms with van der Waals surface area (Å²) >= 11 is 11.2. The first kappa shape index (κ1) is 14.4. The number of ether oxygens (including phenoxy) is 3. The van der Waals surface area contributed by atoms with E-state index in [0.717, 1.165) is 0 Å². The smallest absolute Gasteiger partial charge is 0.322 e. The van der Waals surface area contributed by atoms with Gasteiger partial charge in [0, 0.05) is 20.1 Å². The molecule has 0 saturated heterocycles. The Hall–Kier alpha value is -0.690. The van der Waals surface area contributed by atoms with Gasteiger partial charge in [0.2, 0.25) is 10.6 Å². The summed E-state index contributed by atoms with van der Waals surface area (Å²) in [5.74, 6) is 0. The maximum Gasteiger partial charge on any atom is 0.322 e. The second kappa shape index (κ2) is 8.41. The van der Waals surface area contributed by atoms with Crippen molar-refractivity contribution >= 4 is 23.2 Å². The lowest BCUT2D eigenvalue weighted by molar-refractivity contribution is 0.0639. The highest BCUT2D eigenvalue weighted by Gasteiger charge is 2.03. The maximum atomic E-state index is 5.58. The van der Waals surface area contributed by atoms with E-state index < -0.39 is 0 Å². The minimum atomic E-state index is 0.0105. The standard InChI is InChI=1S/C9H13Cl2N3O3/c1-15-5-6-16-3-2-4-17-9-13-7(10)12-8(11)14-9/h2-6H2,1H3. The first-order valence-electron chi connectivity index (χ1n) is 4.99. The van der Waals surface area contributed by atoms with E-state index in [-0.39, 0.29) is 16.6 Å². The van der Waals surface area contributed by atoms with Gasteiger partial charge in [0.25, 0.3) is 0 Å². The van der Waals surface area contributed by atoms with Crippen LogP contribution in [0, 0.1) is 0 Å². The molecule has 96 valence electrons. The lowest BCUT2D eigenvalue weighted by Gasteiger charge is -2.05. The van der Waals surface area contributed by atoms with Crippen molar-refractivity contribution in [3.05, 3.63) is 10.6 Å². The van der Waals surface area contributed by atoms with Gasteiger partial charge < -0.3 is 14.2 Å². The molecular weight excluding hydrogens is 269 g/mol. The second-order valence-electron chi connectivity index (χ2n) is 2.96. The fourth-order valence-corrected chi connectivity index (χ4v) is 1.29. The predicted molar refractivity (Wildman–Crippen MR) is 62.7 cm³/mol. The Bertz CT molecular complexity index is 321. The third kappa shape index (κ3) is 6.58. The van der Waals surface area contributed by atoms with Crippen LogP contribution in [0.4, 0.5) is 0 Å². The van der Waals surface area contributed by atoms with Crippen LogP contribution in [0.25, 0.3) is 0 Å². The van der Waals surface area contributed by atoms with Crippen LogP contribution in [-0.4, -0.2) is 48.5 Å². The summed E-state index contributed by atoms with van der Waals surface area (Å²) in [5, 5.41) is 0.0210. The molecule has 0 spiro atoms. The first-order valence-corrected chi connectivity index (χ1v) is 5.74. The lowest BCUT2D eigenvalue weighted by Crippen LogP contribution is -2.08. The summed E-state index contributed by atoms with van der Waals surface area (Å²) in [5.41, 5.74) is 0. The van der Waals surface area contributed by atoms with Crippen molar-refractivity contribution in [2.24, 2.45) is 0 Å². The van der Waals surface area contributed by atoms with E-state index in [1.807, 2.05) is 0 Å². The van der Waals surface area contributed by atoms with Crippen LogP contribution in [0.1, 0.15) is 6.42 Å². The van der Waals surface area contributed by atoms with E-state index in [1.165, 1.54) is 0 Å². The van der Waals surface area contributed by atoms with Gasteiger partial charge in [-0.1, -0.05) is 0 Å². The Kier molecular flexibility index (Phi) is 7.11. The molecule has 1 rings (SSSR count). The van der Waals surface area contributed by atoms with E-state index in [9.17, 15) is 0 Å². The normalized spacial score (nSPS) is 10.5. The quantitative estimate of drug-likeness (QED) is 0.675. The van der Waals surface area contributed by atoms with Crippen molar-refractivity contribution in [3.63, 3.8) is 0 Å². The minimum Gasteiger partial charge on any atom is -0.463 e. The van der Waals surface area contributed by atoms with Gasteiger partial charge in [0.1, 0.15) is 0 Å². The number of nitrogens with zero attached hydrogens (tertiary/aromatic N) is 3. The third-order valence-corrected chi connectivity index (χ3v) is 1.99. The third-order valence-electron chi connectivity index (χ3n) is 1.66. The molecule has 0 unspecified atom stereocenters. The van der Waals surface area contributed by atoms with Gasteiger partial charge in [0.05, 0.1) is 19.8 Å². The molecule has 0 aromatic carbocycles. The van der Waals surface area contributed by atoms with Crippen LogP contribution in [0.3, 0.4) is 0 Å².